The van der Waals surface area contributed by atoms with Gasteiger partial charge in [0.2, 0.25) is 0 Å². The van der Waals surface area contributed by atoms with E-state index in [-0.39, 0.29) is 30.0 Å². The normalized spacial score (nSPS) is 16.4. The summed E-state index contributed by atoms with van der Waals surface area (Å²) in [6.45, 7) is 0. The lowest BCUT2D eigenvalue weighted by Gasteiger charge is -2.20. The van der Waals surface area contributed by atoms with E-state index in [4.69, 9.17) is 34.8 Å². The molecule has 0 aromatic heterocycles. The Labute approximate surface area is 240 Å². The second-order valence-electron chi connectivity index (χ2n) is 9.17. The lowest BCUT2D eigenvalue weighted by Crippen LogP contribution is -2.44. The lowest BCUT2D eigenvalue weighted by atomic mass is 9.95. The summed E-state index contributed by atoms with van der Waals surface area (Å²) in [7, 11) is 0. The summed E-state index contributed by atoms with van der Waals surface area (Å²) in [6.07, 6.45) is -17.9. The molecule has 224 valence electrons. The Morgan fingerprint density at radius 2 is 1.49 bits per heavy atom. The molecule has 0 saturated heterocycles. The van der Waals surface area contributed by atoms with Crippen LogP contribution < -0.4 is 5.32 Å². The standard InChI is InChI=1S/C25H16Cl3F10NO2/c26-16-8-12(9-17(27)20(16)28)14(24(33,34)35)10-18(29)11-1-2-13(15(7-11)25(36,37)38)21(41)39-22(5-6-22)19(40)3-4-23(30,31)32/h1-2,7-10,14H,3-6H2,(H,39,41). The van der Waals surface area contributed by atoms with Gasteiger partial charge in [-0.1, -0.05) is 40.9 Å². The van der Waals surface area contributed by atoms with E-state index in [9.17, 15) is 49.1 Å². The predicted octanol–water partition coefficient (Wildman–Crippen LogP) is 9.50. The van der Waals surface area contributed by atoms with Crippen LogP contribution in [0.15, 0.2) is 36.4 Å². The fraction of sp³-hybridized carbons (Fsp3) is 0.360. The molecule has 0 heterocycles. The van der Waals surface area contributed by atoms with Gasteiger partial charge in [-0.05, 0) is 48.7 Å². The van der Waals surface area contributed by atoms with Crippen molar-refractivity contribution in [2.24, 2.45) is 0 Å². The zero-order chi connectivity index (χ0) is 31.1. The zero-order valence-corrected chi connectivity index (χ0v) is 22.4. The topological polar surface area (TPSA) is 46.2 Å². The Morgan fingerprint density at radius 3 is 1.95 bits per heavy atom. The largest absolute Gasteiger partial charge is 0.417 e. The molecule has 41 heavy (non-hydrogen) atoms. The monoisotopic (exact) mass is 657 g/mol. The first-order valence-electron chi connectivity index (χ1n) is 11.4. The van der Waals surface area contributed by atoms with Crippen LogP contribution in [0, 0.1) is 0 Å². The molecule has 3 nitrogen and oxygen atoms in total. The fourth-order valence-corrected chi connectivity index (χ4v) is 4.49. The van der Waals surface area contributed by atoms with Crippen LogP contribution in [0.1, 0.15) is 58.6 Å². The number of allylic oxidation sites excluding steroid dienone is 1. The van der Waals surface area contributed by atoms with E-state index in [0.717, 1.165) is 12.1 Å². The van der Waals surface area contributed by atoms with Crippen molar-refractivity contribution in [3.8, 4) is 0 Å². The fourth-order valence-electron chi connectivity index (χ4n) is 3.88. The molecule has 1 N–H and O–H groups in total. The van der Waals surface area contributed by atoms with Gasteiger partial charge in [-0.3, -0.25) is 9.59 Å². The third-order valence-corrected chi connectivity index (χ3v) is 7.35. The van der Waals surface area contributed by atoms with Gasteiger partial charge in [-0.2, -0.15) is 39.5 Å². The second kappa shape index (κ2) is 11.6. The van der Waals surface area contributed by atoms with Gasteiger partial charge in [0.1, 0.15) is 11.7 Å². The Morgan fingerprint density at radius 1 is 0.927 bits per heavy atom. The number of Topliss-reactive ketones (excluding diaryl/α,β-unsaturated/α-hetero) is 1. The van der Waals surface area contributed by atoms with Crippen LogP contribution in [0.25, 0.3) is 5.83 Å². The summed E-state index contributed by atoms with van der Waals surface area (Å²) in [5, 5.41) is 0.961. The van der Waals surface area contributed by atoms with Crippen molar-refractivity contribution in [3.05, 3.63) is 73.7 Å². The Bertz CT molecular complexity index is 1360. The predicted molar refractivity (Wildman–Crippen MR) is 131 cm³/mol. The highest BCUT2D eigenvalue weighted by Gasteiger charge is 2.51. The van der Waals surface area contributed by atoms with E-state index in [0.29, 0.717) is 12.1 Å². The van der Waals surface area contributed by atoms with Crippen LogP contribution in [-0.4, -0.2) is 29.6 Å². The van der Waals surface area contributed by atoms with Crippen LogP contribution in [0.2, 0.25) is 15.1 Å². The van der Waals surface area contributed by atoms with Crippen molar-refractivity contribution in [1.29, 1.82) is 0 Å². The highest BCUT2D eigenvalue weighted by Crippen LogP contribution is 2.43. The lowest BCUT2D eigenvalue weighted by molar-refractivity contribution is -0.144. The molecule has 0 aliphatic heterocycles. The van der Waals surface area contributed by atoms with Crippen molar-refractivity contribution in [2.45, 2.75) is 55.7 Å². The first kappa shape index (κ1) is 33.0. The molecule has 0 radical (unpaired) electrons. The van der Waals surface area contributed by atoms with Crippen LogP contribution in [0.4, 0.5) is 43.9 Å². The van der Waals surface area contributed by atoms with E-state index >= 15 is 4.39 Å². The molecule has 3 rings (SSSR count). The van der Waals surface area contributed by atoms with Crippen molar-refractivity contribution in [2.75, 3.05) is 0 Å². The third-order valence-electron chi connectivity index (χ3n) is 6.15. The molecule has 1 fully saturated rings. The van der Waals surface area contributed by atoms with Gasteiger partial charge in [-0.15, -0.1) is 0 Å². The first-order valence-corrected chi connectivity index (χ1v) is 12.5. The average molecular weight is 659 g/mol. The Hall–Kier alpha value is -2.51. The minimum absolute atomic E-state index is 0.0103. The number of carbonyl (C=O) groups is 2. The highest BCUT2D eigenvalue weighted by atomic mass is 35.5. The molecule has 1 saturated carbocycles. The number of hydrogen-bond donors (Lipinski definition) is 1. The average Bonchev–Trinajstić information content (AvgIpc) is 3.62. The maximum Gasteiger partial charge on any atom is 0.417 e. The van der Waals surface area contributed by atoms with Crippen molar-refractivity contribution in [1.82, 2.24) is 5.32 Å². The van der Waals surface area contributed by atoms with Crippen LogP contribution in [-0.2, 0) is 11.0 Å². The maximum atomic E-state index is 15.0. The number of hydrogen-bond acceptors (Lipinski definition) is 2. The summed E-state index contributed by atoms with van der Waals surface area (Å²) in [5.74, 6) is -6.97. The van der Waals surface area contributed by atoms with E-state index in [1.807, 2.05) is 5.32 Å². The summed E-state index contributed by atoms with van der Waals surface area (Å²) in [6, 6.07) is 2.71. The minimum Gasteiger partial charge on any atom is -0.340 e. The van der Waals surface area contributed by atoms with Crippen LogP contribution >= 0.6 is 34.8 Å². The summed E-state index contributed by atoms with van der Waals surface area (Å²) >= 11 is 17.2. The molecule has 2 aromatic carbocycles. The number of rotatable bonds is 8. The number of ketones is 1. The molecule has 1 aliphatic rings. The number of carbonyl (C=O) groups excluding carboxylic acids is 2. The van der Waals surface area contributed by atoms with Gasteiger partial charge in [-0.25, -0.2) is 4.39 Å². The zero-order valence-electron chi connectivity index (χ0n) is 20.1. The Balaban J connectivity index is 1.96. The van der Waals surface area contributed by atoms with Gasteiger partial charge in [0.15, 0.2) is 5.78 Å². The van der Waals surface area contributed by atoms with Crippen molar-refractivity contribution >= 4 is 52.3 Å². The smallest absolute Gasteiger partial charge is 0.340 e. The van der Waals surface area contributed by atoms with Gasteiger partial charge >= 0.3 is 18.5 Å². The number of halogens is 13. The second-order valence-corrected chi connectivity index (χ2v) is 10.4. The Kier molecular flexibility index (Phi) is 9.37. The SMILES string of the molecule is O=C(NC1(C(=O)CCC(F)(F)F)CC1)c1ccc(C(F)=CC(c2cc(Cl)c(Cl)c(Cl)c2)C(F)(F)F)cc1C(F)(F)F. The number of alkyl halides is 9. The molecule has 0 bridgehead atoms. The maximum absolute atomic E-state index is 15.0. The van der Waals surface area contributed by atoms with Crippen molar-refractivity contribution < 1.29 is 53.5 Å². The van der Waals surface area contributed by atoms with Crippen LogP contribution in [0.3, 0.4) is 0 Å². The molecule has 1 aliphatic carbocycles. The van der Waals surface area contributed by atoms with E-state index in [1.165, 1.54) is 0 Å². The molecular weight excluding hydrogens is 643 g/mol. The number of amides is 1. The molecule has 2 aromatic rings. The molecular formula is C25H16Cl3F10NO2. The molecule has 1 unspecified atom stereocenters. The first-order chi connectivity index (χ1) is 18.6. The van der Waals surface area contributed by atoms with Crippen LogP contribution in [0.5, 0.6) is 0 Å². The molecule has 0 spiro atoms. The van der Waals surface area contributed by atoms with Gasteiger partial charge in [0.25, 0.3) is 5.91 Å². The summed E-state index contributed by atoms with van der Waals surface area (Å²) in [5.41, 5.74) is -6.29. The van der Waals surface area contributed by atoms with Gasteiger partial charge < -0.3 is 5.32 Å². The van der Waals surface area contributed by atoms with E-state index in [2.05, 4.69) is 0 Å². The summed E-state index contributed by atoms with van der Waals surface area (Å²) < 4.78 is 135. The van der Waals surface area contributed by atoms with E-state index < -0.39 is 92.6 Å². The quantitative estimate of drug-likeness (QED) is 0.227. The molecule has 1 atom stereocenters. The molecule has 1 amide bonds. The van der Waals surface area contributed by atoms with Gasteiger partial charge in [0, 0.05) is 12.0 Å². The third kappa shape index (κ3) is 8.07. The number of nitrogens with one attached hydrogen (secondary N) is 1. The molecule has 16 heteroatoms. The van der Waals surface area contributed by atoms with E-state index in [1.54, 1.807) is 0 Å². The van der Waals surface area contributed by atoms with Crippen molar-refractivity contribution in [3.63, 3.8) is 0 Å². The minimum atomic E-state index is -5.32. The summed E-state index contributed by atoms with van der Waals surface area (Å²) in [4.78, 5) is 24.9. The van der Waals surface area contributed by atoms with Gasteiger partial charge in [0.05, 0.1) is 38.2 Å². The highest BCUT2D eigenvalue weighted by molar-refractivity contribution is 6.48. The number of benzene rings is 2.